The van der Waals surface area contributed by atoms with Gasteiger partial charge in [-0.2, -0.15) is 13.2 Å². The van der Waals surface area contributed by atoms with E-state index in [-0.39, 0.29) is 18.3 Å². The average Bonchev–Trinajstić information content (AvgIpc) is 2.38. The highest BCUT2D eigenvalue weighted by Crippen LogP contribution is 2.30. The van der Waals surface area contributed by atoms with Gasteiger partial charge in [-0.25, -0.2) is 14.8 Å². The molecule has 20 heavy (non-hydrogen) atoms. The molecule has 0 aromatic carbocycles. The summed E-state index contributed by atoms with van der Waals surface area (Å²) in [6, 6.07) is 0. The van der Waals surface area contributed by atoms with E-state index in [1.165, 1.54) is 0 Å². The van der Waals surface area contributed by atoms with Crippen LogP contribution in [0.15, 0.2) is 6.20 Å². The molecular weight excluding hydrogens is 277 g/mol. The first-order valence-corrected chi connectivity index (χ1v) is 6.16. The summed E-state index contributed by atoms with van der Waals surface area (Å²) in [7, 11) is 0. The lowest BCUT2D eigenvalue weighted by Gasteiger charge is -2.22. The van der Waals surface area contributed by atoms with E-state index < -0.39 is 23.4 Å². The minimum atomic E-state index is -4.82. The van der Waals surface area contributed by atoms with E-state index in [1.54, 1.807) is 0 Å². The summed E-state index contributed by atoms with van der Waals surface area (Å²) < 4.78 is 43.8. The molecule has 1 aliphatic heterocycles. The number of aromatic carboxylic acids is 1. The predicted octanol–water partition coefficient (Wildman–Crippen LogP) is 2.31. The molecule has 1 aliphatic rings. The molecule has 1 unspecified atom stereocenters. The molecule has 8 heteroatoms. The number of alkyl halides is 3. The first kappa shape index (κ1) is 14.7. The molecule has 1 aromatic heterocycles. The number of carboxylic acids is 1. The topological polar surface area (TPSA) is 72.3 Å². The Labute approximate surface area is 112 Å². The third kappa shape index (κ3) is 3.44. The van der Waals surface area contributed by atoms with Crippen molar-refractivity contribution in [3.63, 3.8) is 0 Å². The van der Waals surface area contributed by atoms with Gasteiger partial charge >= 0.3 is 12.1 Å². The summed E-state index contributed by atoms with van der Waals surface area (Å²) in [5, 5.41) is 8.74. The monoisotopic (exact) mass is 290 g/mol. The van der Waals surface area contributed by atoms with Crippen molar-refractivity contribution in [2.24, 2.45) is 0 Å². The molecule has 1 saturated heterocycles. The van der Waals surface area contributed by atoms with Gasteiger partial charge in [0.2, 0.25) is 0 Å². The zero-order chi connectivity index (χ0) is 14.8. The van der Waals surface area contributed by atoms with Crippen LogP contribution in [0.5, 0.6) is 0 Å². The lowest BCUT2D eigenvalue weighted by Crippen LogP contribution is -2.24. The summed E-state index contributed by atoms with van der Waals surface area (Å²) in [6.45, 7) is 0.573. The van der Waals surface area contributed by atoms with E-state index in [2.05, 4.69) is 9.97 Å². The first-order chi connectivity index (χ1) is 9.38. The second-order valence-corrected chi connectivity index (χ2v) is 4.54. The van der Waals surface area contributed by atoms with E-state index in [0.29, 0.717) is 12.8 Å². The summed E-state index contributed by atoms with van der Waals surface area (Å²) in [5.41, 5.74) is -2.35. The smallest absolute Gasteiger partial charge is 0.434 e. The SMILES string of the molecule is O=C(O)c1cnc(CC2CCCCO2)nc1C(F)(F)F. The van der Waals surface area contributed by atoms with Gasteiger partial charge in [0.1, 0.15) is 11.4 Å². The molecule has 1 aromatic rings. The molecule has 0 bridgehead atoms. The Kier molecular flexibility index (Phi) is 4.22. The Morgan fingerprint density at radius 1 is 1.45 bits per heavy atom. The number of rotatable bonds is 3. The van der Waals surface area contributed by atoms with Crippen molar-refractivity contribution in [3.8, 4) is 0 Å². The van der Waals surface area contributed by atoms with Crippen molar-refractivity contribution in [3.05, 3.63) is 23.3 Å². The fraction of sp³-hybridized carbons (Fsp3) is 0.583. The highest BCUT2D eigenvalue weighted by atomic mass is 19.4. The number of nitrogens with zero attached hydrogens (tertiary/aromatic N) is 2. The minimum Gasteiger partial charge on any atom is -0.478 e. The molecule has 2 rings (SSSR count). The third-order valence-corrected chi connectivity index (χ3v) is 3.02. The maximum atomic E-state index is 12.8. The van der Waals surface area contributed by atoms with Gasteiger partial charge in [-0.1, -0.05) is 0 Å². The highest BCUT2D eigenvalue weighted by Gasteiger charge is 2.38. The van der Waals surface area contributed by atoms with Crippen LogP contribution in [0.4, 0.5) is 13.2 Å². The van der Waals surface area contributed by atoms with E-state index in [9.17, 15) is 18.0 Å². The Hall–Kier alpha value is -1.70. The zero-order valence-electron chi connectivity index (χ0n) is 10.5. The lowest BCUT2D eigenvalue weighted by molar-refractivity contribution is -0.142. The predicted molar refractivity (Wildman–Crippen MR) is 61.3 cm³/mol. The summed E-state index contributed by atoms with van der Waals surface area (Å²) in [5.74, 6) is -1.74. The third-order valence-electron chi connectivity index (χ3n) is 3.02. The molecule has 0 spiro atoms. The van der Waals surface area contributed by atoms with Crippen LogP contribution >= 0.6 is 0 Å². The van der Waals surface area contributed by atoms with Crippen molar-refractivity contribution in [1.82, 2.24) is 9.97 Å². The molecule has 1 N–H and O–H groups in total. The standard InChI is InChI=1S/C12H13F3N2O3/c13-12(14,15)10-8(11(18)19)6-16-9(17-10)5-7-3-1-2-4-20-7/h6-7H,1-5H2,(H,18,19). The Bertz CT molecular complexity index is 499. The van der Waals surface area contributed by atoms with E-state index in [4.69, 9.17) is 9.84 Å². The fourth-order valence-corrected chi connectivity index (χ4v) is 2.06. The van der Waals surface area contributed by atoms with Gasteiger partial charge in [0, 0.05) is 19.2 Å². The molecule has 1 fully saturated rings. The maximum absolute atomic E-state index is 12.8. The molecule has 0 saturated carbocycles. The Balaban J connectivity index is 2.25. The highest BCUT2D eigenvalue weighted by molar-refractivity contribution is 5.88. The van der Waals surface area contributed by atoms with E-state index in [1.807, 2.05) is 0 Å². The average molecular weight is 290 g/mol. The number of carbonyl (C=O) groups is 1. The number of hydrogen-bond acceptors (Lipinski definition) is 4. The van der Waals surface area contributed by atoms with Gasteiger partial charge < -0.3 is 9.84 Å². The van der Waals surface area contributed by atoms with Crippen LogP contribution in [-0.2, 0) is 17.3 Å². The number of aromatic nitrogens is 2. The van der Waals surface area contributed by atoms with Crippen LogP contribution in [0.3, 0.4) is 0 Å². The number of ether oxygens (including phenoxy) is 1. The largest absolute Gasteiger partial charge is 0.478 e. The number of carboxylic acid groups (broad SMARTS) is 1. The summed E-state index contributed by atoms with van der Waals surface area (Å²) in [6.07, 6.45) is -1.54. The molecule has 110 valence electrons. The maximum Gasteiger partial charge on any atom is 0.434 e. The van der Waals surface area contributed by atoms with Crippen LogP contribution < -0.4 is 0 Å². The quantitative estimate of drug-likeness (QED) is 0.924. The molecule has 0 aliphatic carbocycles. The van der Waals surface area contributed by atoms with Gasteiger partial charge in [0.05, 0.1) is 6.10 Å². The minimum absolute atomic E-state index is 0.0470. The van der Waals surface area contributed by atoms with Crippen molar-refractivity contribution in [1.29, 1.82) is 0 Å². The number of hydrogen-bond donors (Lipinski definition) is 1. The second-order valence-electron chi connectivity index (χ2n) is 4.54. The van der Waals surface area contributed by atoms with Gasteiger partial charge in [-0.15, -0.1) is 0 Å². The molecule has 5 nitrogen and oxygen atoms in total. The van der Waals surface area contributed by atoms with E-state index in [0.717, 1.165) is 19.3 Å². The van der Waals surface area contributed by atoms with Crippen molar-refractivity contribution in [2.75, 3.05) is 6.61 Å². The van der Waals surface area contributed by atoms with Crippen molar-refractivity contribution < 1.29 is 27.8 Å². The van der Waals surface area contributed by atoms with Gasteiger partial charge in [-0.3, -0.25) is 0 Å². The van der Waals surface area contributed by atoms with Crippen LogP contribution in [-0.4, -0.2) is 33.8 Å². The van der Waals surface area contributed by atoms with Gasteiger partial charge in [-0.05, 0) is 19.3 Å². The van der Waals surface area contributed by atoms with Crippen LogP contribution in [0.1, 0.15) is 41.1 Å². The van der Waals surface area contributed by atoms with Crippen molar-refractivity contribution in [2.45, 2.75) is 38.0 Å². The molecule has 1 atom stereocenters. The van der Waals surface area contributed by atoms with Crippen molar-refractivity contribution >= 4 is 5.97 Å². The fourth-order valence-electron chi connectivity index (χ4n) is 2.06. The van der Waals surface area contributed by atoms with Crippen LogP contribution in [0.2, 0.25) is 0 Å². The molecule has 2 heterocycles. The second kappa shape index (κ2) is 5.74. The first-order valence-electron chi connectivity index (χ1n) is 6.16. The van der Waals surface area contributed by atoms with Crippen LogP contribution in [0, 0.1) is 0 Å². The van der Waals surface area contributed by atoms with Gasteiger partial charge in [0.25, 0.3) is 0 Å². The normalized spacial score (nSPS) is 19.9. The lowest BCUT2D eigenvalue weighted by atomic mass is 10.1. The summed E-state index contributed by atoms with van der Waals surface area (Å²) >= 11 is 0. The van der Waals surface area contributed by atoms with E-state index >= 15 is 0 Å². The van der Waals surface area contributed by atoms with Crippen LogP contribution in [0.25, 0.3) is 0 Å². The Morgan fingerprint density at radius 2 is 2.20 bits per heavy atom. The molecular formula is C12H13F3N2O3. The molecule has 0 amide bonds. The zero-order valence-corrected chi connectivity index (χ0v) is 10.5. The summed E-state index contributed by atoms with van der Waals surface area (Å²) in [4.78, 5) is 17.8. The van der Waals surface area contributed by atoms with Gasteiger partial charge in [0.15, 0.2) is 5.69 Å². The number of halogens is 3. The Morgan fingerprint density at radius 3 is 2.75 bits per heavy atom. The molecule has 0 radical (unpaired) electrons.